The van der Waals surface area contributed by atoms with Gasteiger partial charge >= 0.3 is 10.1 Å². The van der Waals surface area contributed by atoms with E-state index in [-0.39, 0.29) is 22.5 Å². The van der Waals surface area contributed by atoms with Gasteiger partial charge in [-0.2, -0.15) is 8.42 Å². The highest BCUT2D eigenvalue weighted by Crippen LogP contribution is 2.22. The summed E-state index contributed by atoms with van der Waals surface area (Å²) < 4.78 is 40.5. The molecule has 2 aromatic rings. The summed E-state index contributed by atoms with van der Waals surface area (Å²) in [4.78, 5) is 14.2. The molecule has 0 aliphatic heterocycles. The molecule has 0 bridgehead atoms. The Bertz CT molecular complexity index is 909. The van der Waals surface area contributed by atoms with E-state index in [1.807, 2.05) is 19.9 Å². The zero-order chi connectivity index (χ0) is 21.4. The van der Waals surface area contributed by atoms with Gasteiger partial charge in [-0.25, -0.2) is 0 Å². The van der Waals surface area contributed by atoms with Crippen LogP contribution < -0.4 is 8.92 Å². The van der Waals surface area contributed by atoms with Gasteiger partial charge < -0.3 is 18.6 Å². The Kier molecular flexibility index (Phi) is 8.04. The van der Waals surface area contributed by atoms with Crippen molar-refractivity contribution in [1.29, 1.82) is 0 Å². The standard InChI is InChI=1S/C21H27NO6S/c1-16(2)21(23)22(12-13-26-3)15-17-6-5-7-19(14-17)28-29(24,25)20-10-8-18(27-4)9-11-20/h5-11,14,16H,12-13,15H2,1-4H3. The van der Waals surface area contributed by atoms with Crippen LogP contribution in [0.15, 0.2) is 53.4 Å². The Morgan fingerprint density at radius 2 is 1.72 bits per heavy atom. The predicted octanol–water partition coefficient (Wildman–Crippen LogP) is 3.09. The molecule has 0 unspecified atom stereocenters. The van der Waals surface area contributed by atoms with Crippen molar-refractivity contribution in [1.82, 2.24) is 4.90 Å². The Balaban J connectivity index is 2.17. The average Bonchev–Trinajstić information content (AvgIpc) is 2.70. The summed E-state index contributed by atoms with van der Waals surface area (Å²) in [6.45, 7) is 4.87. The SMILES string of the molecule is COCCN(Cc1cccc(OS(=O)(=O)c2ccc(OC)cc2)c1)C(=O)C(C)C. The molecule has 0 spiro atoms. The van der Waals surface area contributed by atoms with E-state index < -0.39 is 10.1 Å². The molecule has 2 rings (SSSR count). The Labute approximate surface area is 172 Å². The smallest absolute Gasteiger partial charge is 0.339 e. The first-order valence-electron chi connectivity index (χ1n) is 9.22. The molecule has 2 aromatic carbocycles. The number of methoxy groups -OCH3 is 2. The molecule has 7 nitrogen and oxygen atoms in total. The summed E-state index contributed by atoms with van der Waals surface area (Å²) in [5, 5.41) is 0. The second-order valence-electron chi connectivity index (χ2n) is 6.77. The van der Waals surface area contributed by atoms with Gasteiger partial charge in [0.1, 0.15) is 16.4 Å². The molecule has 0 heterocycles. The second-order valence-corrected chi connectivity index (χ2v) is 8.31. The molecule has 0 saturated heterocycles. The first-order chi connectivity index (χ1) is 13.8. The molecule has 0 aliphatic rings. The van der Waals surface area contributed by atoms with Crippen LogP contribution in [0.25, 0.3) is 0 Å². The van der Waals surface area contributed by atoms with Crippen molar-refractivity contribution in [3.8, 4) is 11.5 Å². The molecule has 29 heavy (non-hydrogen) atoms. The lowest BCUT2D eigenvalue weighted by Gasteiger charge is -2.24. The van der Waals surface area contributed by atoms with Gasteiger partial charge in [0.2, 0.25) is 5.91 Å². The number of hydrogen-bond acceptors (Lipinski definition) is 6. The zero-order valence-electron chi connectivity index (χ0n) is 17.1. The third-order valence-corrected chi connectivity index (χ3v) is 5.46. The number of nitrogens with zero attached hydrogens (tertiary/aromatic N) is 1. The van der Waals surface area contributed by atoms with Crippen molar-refractivity contribution in [3.63, 3.8) is 0 Å². The Morgan fingerprint density at radius 3 is 2.31 bits per heavy atom. The van der Waals surface area contributed by atoms with Crippen LogP contribution in [0.2, 0.25) is 0 Å². The summed E-state index contributed by atoms with van der Waals surface area (Å²) in [6, 6.07) is 12.7. The topological polar surface area (TPSA) is 82.1 Å². The van der Waals surface area contributed by atoms with Crippen molar-refractivity contribution < 1.29 is 26.9 Å². The first-order valence-corrected chi connectivity index (χ1v) is 10.6. The summed E-state index contributed by atoms with van der Waals surface area (Å²) in [5.74, 6) is 0.583. The lowest BCUT2D eigenvalue weighted by Crippen LogP contribution is -2.36. The summed E-state index contributed by atoms with van der Waals surface area (Å²) in [6.07, 6.45) is 0. The van der Waals surface area contributed by atoms with Crippen molar-refractivity contribution in [2.24, 2.45) is 5.92 Å². The van der Waals surface area contributed by atoms with Gasteiger partial charge in [0.05, 0.1) is 13.7 Å². The third-order valence-electron chi connectivity index (χ3n) is 4.20. The Hall–Kier alpha value is -2.58. The van der Waals surface area contributed by atoms with Crippen LogP contribution in [0.4, 0.5) is 0 Å². The summed E-state index contributed by atoms with van der Waals surface area (Å²) in [5.41, 5.74) is 0.762. The fraction of sp³-hybridized carbons (Fsp3) is 0.381. The number of hydrogen-bond donors (Lipinski definition) is 0. The van der Waals surface area contributed by atoms with Crippen molar-refractivity contribution in [2.75, 3.05) is 27.4 Å². The van der Waals surface area contributed by atoms with E-state index in [9.17, 15) is 13.2 Å². The molecule has 0 radical (unpaired) electrons. The van der Waals surface area contributed by atoms with Gasteiger partial charge in [0, 0.05) is 26.1 Å². The number of amides is 1. The van der Waals surface area contributed by atoms with E-state index in [0.29, 0.717) is 25.4 Å². The van der Waals surface area contributed by atoms with Gasteiger partial charge in [0.25, 0.3) is 0 Å². The van der Waals surface area contributed by atoms with Crippen LogP contribution in [0.1, 0.15) is 19.4 Å². The molecule has 0 N–H and O–H groups in total. The molecule has 0 saturated carbocycles. The van der Waals surface area contributed by atoms with E-state index in [2.05, 4.69) is 0 Å². The van der Waals surface area contributed by atoms with Gasteiger partial charge in [-0.1, -0.05) is 26.0 Å². The van der Waals surface area contributed by atoms with E-state index in [4.69, 9.17) is 13.7 Å². The normalized spacial score (nSPS) is 11.3. The molecule has 8 heteroatoms. The van der Waals surface area contributed by atoms with Crippen LogP contribution in [0.5, 0.6) is 11.5 Å². The lowest BCUT2D eigenvalue weighted by molar-refractivity contribution is -0.135. The molecule has 0 aromatic heterocycles. The van der Waals surface area contributed by atoms with E-state index in [1.54, 1.807) is 42.3 Å². The quantitative estimate of drug-likeness (QED) is 0.548. The monoisotopic (exact) mass is 421 g/mol. The van der Waals surface area contributed by atoms with Crippen molar-refractivity contribution in [3.05, 3.63) is 54.1 Å². The molecule has 1 amide bonds. The van der Waals surface area contributed by atoms with E-state index >= 15 is 0 Å². The molecule has 0 fully saturated rings. The van der Waals surface area contributed by atoms with Crippen LogP contribution in [-0.4, -0.2) is 46.6 Å². The minimum Gasteiger partial charge on any atom is -0.497 e. The number of ether oxygens (including phenoxy) is 2. The zero-order valence-corrected chi connectivity index (χ0v) is 17.9. The van der Waals surface area contributed by atoms with E-state index in [0.717, 1.165) is 5.56 Å². The van der Waals surface area contributed by atoms with Crippen LogP contribution in [-0.2, 0) is 26.2 Å². The predicted molar refractivity (Wildman–Crippen MR) is 109 cm³/mol. The van der Waals surface area contributed by atoms with E-state index in [1.165, 1.54) is 19.2 Å². The lowest BCUT2D eigenvalue weighted by atomic mass is 10.1. The maximum Gasteiger partial charge on any atom is 0.339 e. The summed E-state index contributed by atoms with van der Waals surface area (Å²) >= 11 is 0. The number of rotatable bonds is 10. The first kappa shape index (κ1) is 22.7. The molecular weight excluding hydrogens is 394 g/mol. The van der Waals surface area contributed by atoms with Gasteiger partial charge in [-0.3, -0.25) is 4.79 Å². The maximum atomic E-state index is 12.5. The summed E-state index contributed by atoms with van der Waals surface area (Å²) in [7, 11) is -0.898. The number of benzene rings is 2. The highest BCUT2D eigenvalue weighted by atomic mass is 32.2. The van der Waals surface area contributed by atoms with Gasteiger partial charge in [0.15, 0.2) is 0 Å². The van der Waals surface area contributed by atoms with Gasteiger partial charge in [-0.15, -0.1) is 0 Å². The second kappa shape index (κ2) is 10.3. The van der Waals surface area contributed by atoms with Crippen LogP contribution >= 0.6 is 0 Å². The average molecular weight is 422 g/mol. The highest BCUT2D eigenvalue weighted by Gasteiger charge is 2.19. The highest BCUT2D eigenvalue weighted by molar-refractivity contribution is 7.87. The number of carbonyl (C=O) groups excluding carboxylic acids is 1. The molecule has 158 valence electrons. The fourth-order valence-electron chi connectivity index (χ4n) is 2.67. The molecular formula is C21H27NO6S. The van der Waals surface area contributed by atoms with Crippen molar-refractivity contribution >= 4 is 16.0 Å². The fourth-order valence-corrected chi connectivity index (χ4v) is 3.59. The third kappa shape index (κ3) is 6.47. The van der Waals surface area contributed by atoms with Gasteiger partial charge in [-0.05, 0) is 42.0 Å². The van der Waals surface area contributed by atoms with Crippen LogP contribution in [0.3, 0.4) is 0 Å². The number of carbonyl (C=O) groups is 1. The Morgan fingerprint density at radius 1 is 1.03 bits per heavy atom. The molecule has 0 aliphatic carbocycles. The molecule has 0 atom stereocenters. The largest absolute Gasteiger partial charge is 0.497 e. The maximum absolute atomic E-state index is 12.5. The minimum absolute atomic E-state index is 0.000717. The van der Waals surface area contributed by atoms with Crippen molar-refractivity contribution in [2.45, 2.75) is 25.3 Å². The minimum atomic E-state index is -3.98. The van der Waals surface area contributed by atoms with Crippen LogP contribution in [0, 0.1) is 5.92 Å².